The number of rotatable bonds is 6. The summed E-state index contributed by atoms with van der Waals surface area (Å²) in [6, 6.07) is 5.77. The topological polar surface area (TPSA) is 99.1 Å². The molecule has 4 rings (SSSR count). The first kappa shape index (κ1) is 23.4. The molecule has 0 radical (unpaired) electrons. The highest BCUT2D eigenvalue weighted by molar-refractivity contribution is 5.95. The number of hydrogen-bond donors (Lipinski definition) is 1. The fourth-order valence-electron chi connectivity index (χ4n) is 3.89. The Morgan fingerprint density at radius 2 is 1.88 bits per heavy atom. The van der Waals surface area contributed by atoms with E-state index in [9.17, 15) is 18.0 Å². The summed E-state index contributed by atoms with van der Waals surface area (Å²) in [6.45, 7) is 0.0238. The molecule has 0 fully saturated rings. The Bertz CT molecular complexity index is 1190. The molecule has 0 saturated heterocycles. The van der Waals surface area contributed by atoms with Crippen LogP contribution >= 0.6 is 0 Å². The summed E-state index contributed by atoms with van der Waals surface area (Å²) in [6.07, 6.45) is 2.22. The summed E-state index contributed by atoms with van der Waals surface area (Å²) in [5.41, 5.74) is 4.56. The van der Waals surface area contributed by atoms with Crippen LogP contribution in [0.4, 0.5) is 13.2 Å². The van der Waals surface area contributed by atoms with E-state index in [1.807, 2.05) is 12.1 Å². The Kier molecular flexibility index (Phi) is 6.62. The van der Waals surface area contributed by atoms with Crippen molar-refractivity contribution in [3.63, 3.8) is 0 Å². The molecule has 2 aromatic heterocycles. The minimum absolute atomic E-state index is 0.138. The van der Waals surface area contributed by atoms with E-state index in [4.69, 9.17) is 4.74 Å². The second-order valence-electron chi connectivity index (χ2n) is 7.87. The number of carbonyl (C=O) groups excluding carboxylic acids is 1. The Morgan fingerprint density at radius 3 is 2.56 bits per heavy atom. The molecule has 178 valence electrons. The number of hydrogen-bond acceptors (Lipinski definition) is 7. The number of nitrogens with one attached hydrogen (secondary N) is 1. The quantitative estimate of drug-likeness (QED) is 0.585. The number of aryl methyl sites for hydroxylation is 2. The van der Waals surface area contributed by atoms with Crippen LogP contribution in [0.25, 0.3) is 11.1 Å². The maximum Gasteiger partial charge on any atom is 0.422 e. The van der Waals surface area contributed by atoms with Gasteiger partial charge in [0.25, 0.3) is 5.91 Å². The molecule has 2 heterocycles. The molecule has 1 aliphatic carbocycles. The summed E-state index contributed by atoms with van der Waals surface area (Å²) in [7, 11) is 1.50. The van der Waals surface area contributed by atoms with Crippen LogP contribution in [-0.4, -0.2) is 51.8 Å². The van der Waals surface area contributed by atoms with Gasteiger partial charge in [0.15, 0.2) is 6.61 Å². The number of halogens is 3. The molecule has 0 aliphatic heterocycles. The van der Waals surface area contributed by atoms with Crippen LogP contribution in [0, 0.1) is 6.92 Å². The van der Waals surface area contributed by atoms with E-state index in [0.29, 0.717) is 6.42 Å². The van der Waals surface area contributed by atoms with Crippen molar-refractivity contribution in [1.29, 1.82) is 0 Å². The molecule has 1 N–H and O–H groups in total. The highest BCUT2D eigenvalue weighted by atomic mass is 19.4. The third kappa shape index (κ3) is 5.41. The minimum atomic E-state index is -4.50. The molecule has 1 atom stereocenters. The van der Waals surface area contributed by atoms with Gasteiger partial charge in [-0.15, -0.1) is 0 Å². The van der Waals surface area contributed by atoms with Crippen LogP contribution in [0.1, 0.15) is 33.6 Å². The van der Waals surface area contributed by atoms with Crippen molar-refractivity contribution in [2.75, 3.05) is 13.7 Å². The zero-order valence-electron chi connectivity index (χ0n) is 18.5. The van der Waals surface area contributed by atoms with Crippen molar-refractivity contribution in [3.05, 3.63) is 59.2 Å². The maximum atomic E-state index is 12.9. The van der Waals surface area contributed by atoms with E-state index < -0.39 is 24.7 Å². The van der Waals surface area contributed by atoms with Crippen molar-refractivity contribution in [2.45, 2.75) is 38.4 Å². The second kappa shape index (κ2) is 9.62. The van der Waals surface area contributed by atoms with Gasteiger partial charge in [-0.3, -0.25) is 4.79 Å². The molecule has 1 aromatic carbocycles. The predicted octanol–water partition coefficient (Wildman–Crippen LogP) is 3.48. The molecule has 0 unspecified atom stereocenters. The van der Waals surface area contributed by atoms with Gasteiger partial charge >= 0.3 is 18.2 Å². The Balaban J connectivity index is 1.47. The smallest absolute Gasteiger partial charge is 0.422 e. The standard InChI is InChI=1S/C23H22F3N5O3/c1-13-19(11-29-22(30-13)34-12-23(24,25)26)20(32)31-16-7-6-14-4-3-5-17(18(14)8-16)15-9-27-21(33-2)28-10-15/h3-5,9-11,16H,6-8,12H2,1-2H3,(H,31,32)/t16-/m1/s1. The monoisotopic (exact) mass is 473 g/mol. The number of amides is 1. The number of benzene rings is 1. The SMILES string of the molecule is COc1ncc(-c2cccc3c2C[C@H](NC(=O)c2cnc(OCC(F)(F)F)nc2C)CC3)cn1. The molecular formula is C23H22F3N5O3. The van der Waals surface area contributed by atoms with Crippen molar-refractivity contribution >= 4 is 5.91 Å². The second-order valence-corrected chi connectivity index (χ2v) is 7.87. The third-order valence-corrected chi connectivity index (χ3v) is 5.51. The normalized spacial score (nSPS) is 15.4. The molecule has 3 aromatic rings. The summed E-state index contributed by atoms with van der Waals surface area (Å²) in [4.78, 5) is 28.8. The average molecular weight is 473 g/mol. The maximum absolute atomic E-state index is 12.9. The molecule has 8 nitrogen and oxygen atoms in total. The first-order valence-corrected chi connectivity index (χ1v) is 10.5. The molecule has 0 spiro atoms. The molecule has 0 saturated carbocycles. The van der Waals surface area contributed by atoms with Crippen molar-refractivity contribution in [1.82, 2.24) is 25.3 Å². The number of aromatic nitrogens is 4. The van der Waals surface area contributed by atoms with E-state index >= 15 is 0 Å². The molecule has 1 amide bonds. The van der Waals surface area contributed by atoms with Gasteiger partial charge in [0.05, 0.1) is 18.4 Å². The zero-order chi connectivity index (χ0) is 24.3. The van der Waals surface area contributed by atoms with E-state index in [-0.39, 0.29) is 23.3 Å². The third-order valence-electron chi connectivity index (χ3n) is 5.51. The largest absolute Gasteiger partial charge is 0.467 e. The van der Waals surface area contributed by atoms with Crippen LogP contribution in [0.3, 0.4) is 0 Å². The number of methoxy groups -OCH3 is 1. The number of carbonyl (C=O) groups is 1. The highest BCUT2D eigenvalue weighted by Gasteiger charge is 2.29. The fourth-order valence-corrected chi connectivity index (χ4v) is 3.89. The van der Waals surface area contributed by atoms with Crippen molar-refractivity contribution in [3.8, 4) is 23.1 Å². The summed E-state index contributed by atoms with van der Waals surface area (Å²) in [5.74, 6) is -0.390. The molecule has 1 aliphatic rings. The van der Waals surface area contributed by atoms with Gasteiger partial charge in [0.1, 0.15) is 0 Å². The van der Waals surface area contributed by atoms with Gasteiger partial charge in [-0.25, -0.2) is 15.0 Å². The van der Waals surface area contributed by atoms with Crippen molar-refractivity contribution < 1.29 is 27.4 Å². The lowest BCUT2D eigenvalue weighted by atomic mass is 9.84. The molecule has 34 heavy (non-hydrogen) atoms. The molecule has 11 heteroatoms. The Labute approximate surface area is 193 Å². The van der Waals surface area contributed by atoms with Crippen LogP contribution in [0.2, 0.25) is 0 Å². The lowest BCUT2D eigenvalue weighted by molar-refractivity contribution is -0.154. The van der Waals surface area contributed by atoms with Gasteiger partial charge in [0, 0.05) is 30.2 Å². The fraction of sp³-hybridized carbons (Fsp3) is 0.348. The van der Waals surface area contributed by atoms with Gasteiger partial charge in [-0.1, -0.05) is 18.2 Å². The summed E-state index contributed by atoms with van der Waals surface area (Å²) in [5, 5.41) is 3.00. The van der Waals surface area contributed by atoms with Gasteiger partial charge < -0.3 is 14.8 Å². The zero-order valence-corrected chi connectivity index (χ0v) is 18.5. The summed E-state index contributed by atoms with van der Waals surface area (Å²) < 4.78 is 46.6. The minimum Gasteiger partial charge on any atom is -0.467 e. The number of nitrogens with zero attached hydrogens (tertiary/aromatic N) is 4. The number of fused-ring (bicyclic) bond motifs is 1. The summed E-state index contributed by atoms with van der Waals surface area (Å²) >= 11 is 0. The number of ether oxygens (including phenoxy) is 2. The Hall–Kier alpha value is -3.76. The number of alkyl halides is 3. The molecular weight excluding hydrogens is 451 g/mol. The van der Waals surface area contributed by atoms with Gasteiger partial charge in [0.2, 0.25) is 0 Å². The first-order valence-electron chi connectivity index (χ1n) is 10.5. The van der Waals surface area contributed by atoms with E-state index in [0.717, 1.165) is 29.5 Å². The van der Waals surface area contributed by atoms with E-state index in [1.54, 1.807) is 12.4 Å². The van der Waals surface area contributed by atoms with Gasteiger partial charge in [-0.05, 0) is 42.9 Å². The first-order chi connectivity index (χ1) is 16.2. The van der Waals surface area contributed by atoms with Crippen LogP contribution in [0.5, 0.6) is 12.0 Å². The van der Waals surface area contributed by atoms with E-state index in [2.05, 4.69) is 36.1 Å². The van der Waals surface area contributed by atoms with Gasteiger partial charge in [-0.2, -0.15) is 18.2 Å². The van der Waals surface area contributed by atoms with E-state index in [1.165, 1.54) is 25.8 Å². The average Bonchev–Trinajstić information content (AvgIpc) is 2.82. The lowest BCUT2D eigenvalue weighted by Gasteiger charge is -2.27. The Morgan fingerprint density at radius 1 is 1.15 bits per heavy atom. The van der Waals surface area contributed by atoms with Crippen molar-refractivity contribution in [2.24, 2.45) is 0 Å². The highest BCUT2D eigenvalue weighted by Crippen LogP contribution is 2.31. The van der Waals surface area contributed by atoms with Crippen LogP contribution in [0.15, 0.2) is 36.8 Å². The molecule has 0 bridgehead atoms. The van der Waals surface area contributed by atoms with Crippen LogP contribution in [-0.2, 0) is 12.8 Å². The lowest BCUT2D eigenvalue weighted by Crippen LogP contribution is -2.39. The van der Waals surface area contributed by atoms with Crippen LogP contribution < -0.4 is 14.8 Å². The predicted molar refractivity (Wildman–Crippen MR) is 116 cm³/mol.